The Morgan fingerprint density at radius 1 is 1.25 bits per heavy atom. The van der Waals surface area contributed by atoms with Gasteiger partial charge in [-0.05, 0) is 41.5 Å². The van der Waals surface area contributed by atoms with Gasteiger partial charge in [-0.2, -0.15) is 0 Å². The van der Waals surface area contributed by atoms with Crippen molar-refractivity contribution in [2.75, 3.05) is 6.61 Å². The number of hydrogen-bond donors (Lipinski definition) is 2. The molecule has 2 aromatic rings. The molecule has 0 saturated heterocycles. The number of carbonyl (C=O) groups is 2. The number of benzene rings is 2. The van der Waals surface area contributed by atoms with Gasteiger partial charge < -0.3 is 15.2 Å². The standard InChI is InChI=1S/C18H16ClNO4/c19-14-3-1-2-11(9-14)15(10-17(21)22)20-18(23)13-4-5-16-12(8-13)6-7-24-16/h1-5,8-9,15H,6-7,10H2,(H,20,23)(H,21,22). The third-order valence-electron chi connectivity index (χ3n) is 3.89. The number of halogens is 1. The number of aliphatic carboxylic acids is 1. The van der Waals surface area contributed by atoms with E-state index >= 15 is 0 Å². The molecule has 1 amide bonds. The Kier molecular flexibility index (Phi) is 4.71. The molecular weight excluding hydrogens is 330 g/mol. The molecule has 0 spiro atoms. The molecule has 1 atom stereocenters. The molecule has 6 heteroatoms. The molecule has 1 aliphatic heterocycles. The fraction of sp³-hybridized carbons (Fsp3) is 0.222. The van der Waals surface area contributed by atoms with Crippen molar-refractivity contribution >= 4 is 23.5 Å². The number of amides is 1. The Labute approximate surface area is 144 Å². The van der Waals surface area contributed by atoms with Crippen LogP contribution in [0.5, 0.6) is 5.75 Å². The summed E-state index contributed by atoms with van der Waals surface area (Å²) in [6.45, 7) is 0.616. The second kappa shape index (κ2) is 6.93. The normalized spacial score (nSPS) is 13.7. The number of nitrogens with one attached hydrogen (secondary N) is 1. The van der Waals surface area contributed by atoms with Gasteiger partial charge in [-0.25, -0.2) is 0 Å². The van der Waals surface area contributed by atoms with Crippen LogP contribution in [0.4, 0.5) is 0 Å². The summed E-state index contributed by atoms with van der Waals surface area (Å²) in [4.78, 5) is 23.7. The van der Waals surface area contributed by atoms with Crippen molar-refractivity contribution in [2.45, 2.75) is 18.9 Å². The molecule has 1 heterocycles. The second-order valence-electron chi connectivity index (χ2n) is 5.60. The van der Waals surface area contributed by atoms with Crippen molar-refractivity contribution < 1.29 is 19.4 Å². The number of carboxylic acid groups (broad SMARTS) is 1. The number of hydrogen-bond acceptors (Lipinski definition) is 3. The number of carboxylic acids is 1. The summed E-state index contributed by atoms with van der Waals surface area (Å²) >= 11 is 5.97. The number of carbonyl (C=O) groups excluding carboxylic acids is 1. The minimum absolute atomic E-state index is 0.222. The van der Waals surface area contributed by atoms with Gasteiger partial charge >= 0.3 is 5.97 Å². The smallest absolute Gasteiger partial charge is 0.305 e. The van der Waals surface area contributed by atoms with E-state index in [1.165, 1.54) is 0 Å². The first-order valence-corrected chi connectivity index (χ1v) is 7.94. The summed E-state index contributed by atoms with van der Waals surface area (Å²) < 4.78 is 5.43. The maximum absolute atomic E-state index is 12.5. The summed E-state index contributed by atoms with van der Waals surface area (Å²) in [5.41, 5.74) is 2.12. The van der Waals surface area contributed by atoms with Gasteiger partial charge in [0.1, 0.15) is 5.75 Å². The van der Waals surface area contributed by atoms with E-state index in [9.17, 15) is 9.59 Å². The van der Waals surface area contributed by atoms with E-state index in [0.29, 0.717) is 22.8 Å². The highest BCUT2D eigenvalue weighted by molar-refractivity contribution is 6.30. The highest BCUT2D eigenvalue weighted by Crippen LogP contribution is 2.26. The van der Waals surface area contributed by atoms with Crippen LogP contribution in [0.1, 0.15) is 33.9 Å². The van der Waals surface area contributed by atoms with Gasteiger partial charge in [-0.3, -0.25) is 9.59 Å². The van der Waals surface area contributed by atoms with Gasteiger partial charge in [0.25, 0.3) is 5.91 Å². The highest BCUT2D eigenvalue weighted by atomic mass is 35.5. The first kappa shape index (κ1) is 16.3. The summed E-state index contributed by atoms with van der Waals surface area (Å²) in [7, 11) is 0. The van der Waals surface area contributed by atoms with Gasteiger partial charge in [0, 0.05) is 17.0 Å². The molecule has 0 aromatic heterocycles. The molecular formula is C18H16ClNO4. The van der Waals surface area contributed by atoms with E-state index in [0.717, 1.165) is 17.7 Å². The summed E-state index contributed by atoms with van der Waals surface area (Å²) in [5.74, 6) is -0.526. The lowest BCUT2D eigenvalue weighted by atomic mass is 10.0. The van der Waals surface area contributed by atoms with Crippen LogP contribution in [0.2, 0.25) is 5.02 Å². The zero-order chi connectivity index (χ0) is 17.1. The van der Waals surface area contributed by atoms with E-state index < -0.39 is 12.0 Å². The van der Waals surface area contributed by atoms with E-state index in [-0.39, 0.29) is 12.3 Å². The Morgan fingerprint density at radius 2 is 2.08 bits per heavy atom. The minimum Gasteiger partial charge on any atom is -0.493 e. The van der Waals surface area contributed by atoms with E-state index in [1.807, 2.05) is 0 Å². The molecule has 0 radical (unpaired) electrons. The van der Waals surface area contributed by atoms with Crippen LogP contribution in [0, 0.1) is 0 Å². The van der Waals surface area contributed by atoms with Gasteiger partial charge in [0.05, 0.1) is 19.1 Å². The zero-order valence-corrected chi connectivity index (χ0v) is 13.5. The van der Waals surface area contributed by atoms with Crippen LogP contribution in [0.15, 0.2) is 42.5 Å². The molecule has 0 bridgehead atoms. The molecule has 5 nitrogen and oxygen atoms in total. The Bertz CT molecular complexity index is 790. The molecule has 0 fully saturated rings. The third kappa shape index (κ3) is 3.68. The number of rotatable bonds is 5. The average Bonchev–Trinajstić information content (AvgIpc) is 3.01. The molecule has 2 N–H and O–H groups in total. The largest absolute Gasteiger partial charge is 0.493 e. The molecule has 0 saturated carbocycles. The van der Waals surface area contributed by atoms with Crippen molar-refractivity contribution in [1.82, 2.24) is 5.32 Å². The Morgan fingerprint density at radius 3 is 2.83 bits per heavy atom. The highest BCUT2D eigenvalue weighted by Gasteiger charge is 2.21. The molecule has 0 aliphatic carbocycles. The number of fused-ring (bicyclic) bond motifs is 1. The molecule has 24 heavy (non-hydrogen) atoms. The summed E-state index contributed by atoms with van der Waals surface area (Å²) in [5, 5.41) is 12.4. The lowest BCUT2D eigenvalue weighted by Crippen LogP contribution is -2.30. The number of ether oxygens (including phenoxy) is 1. The molecule has 2 aromatic carbocycles. The quantitative estimate of drug-likeness (QED) is 0.872. The first-order chi connectivity index (χ1) is 11.5. The molecule has 1 aliphatic rings. The Balaban J connectivity index is 1.81. The van der Waals surface area contributed by atoms with Gasteiger partial charge in [-0.15, -0.1) is 0 Å². The van der Waals surface area contributed by atoms with Crippen molar-refractivity contribution in [1.29, 1.82) is 0 Å². The van der Waals surface area contributed by atoms with Gasteiger partial charge in [-0.1, -0.05) is 23.7 Å². The Hall–Kier alpha value is -2.53. The maximum atomic E-state index is 12.5. The lowest BCUT2D eigenvalue weighted by Gasteiger charge is -2.18. The monoisotopic (exact) mass is 345 g/mol. The first-order valence-electron chi connectivity index (χ1n) is 7.57. The maximum Gasteiger partial charge on any atom is 0.305 e. The van der Waals surface area contributed by atoms with Crippen molar-refractivity contribution in [3.05, 3.63) is 64.2 Å². The van der Waals surface area contributed by atoms with E-state index in [1.54, 1.807) is 42.5 Å². The van der Waals surface area contributed by atoms with E-state index in [4.69, 9.17) is 21.4 Å². The topological polar surface area (TPSA) is 75.6 Å². The predicted molar refractivity (Wildman–Crippen MR) is 89.6 cm³/mol. The van der Waals surface area contributed by atoms with Gasteiger partial charge in [0.15, 0.2) is 0 Å². The summed E-state index contributed by atoms with van der Waals surface area (Å²) in [6, 6.07) is 11.4. The van der Waals surface area contributed by atoms with Crippen LogP contribution in [0.25, 0.3) is 0 Å². The third-order valence-corrected chi connectivity index (χ3v) is 4.12. The van der Waals surface area contributed by atoms with Crippen LogP contribution in [-0.2, 0) is 11.2 Å². The predicted octanol–water partition coefficient (Wildman–Crippen LogP) is 3.22. The van der Waals surface area contributed by atoms with Crippen LogP contribution < -0.4 is 10.1 Å². The van der Waals surface area contributed by atoms with Crippen LogP contribution in [-0.4, -0.2) is 23.6 Å². The molecule has 124 valence electrons. The molecule has 1 unspecified atom stereocenters. The minimum atomic E-state index is -0.998. The average molecular weight is 346 g/mol. The van der Waals surface area contributed by atoms with Crippen molar-refractivity contribution in [2.24, 2.45) is 0 Å². The van der Waals surface area contributed by atoms with Crippen molar-refractivity contribution in [3.63, 3.8) is 0 Å². The SMILES string of the molecule is O=C(O)CC(NC(=O)c1ccc2c(c1)CCO2)c1cccc(Cl)c1. The zero-order valence-electron chi connectivity index (χ0n) is 12.8. The van der Waals surface area contributed by atoms with Crippen LogP contribution in [0.3, 0.4) is 0 Å². The van der Waals surface area contributed by atoms with Gasteiger partial charge in [0.2, 0.25) is 0 Å². The van der Waals surface area contributed by atoms with Crippen LogP contribution >= 0.6 is 11.6 Å². The van der Waals surface area contributed by atoms with E-state index in [2.05, 4.69) is 5.32 Å². The summed E-state index contributed by atoms with van der Waals surface area (Å²) in [6.07, 6.45) is 0.545. The lowest BCUT2D eigenvalue weighted by molar-refractivity contribution is -0.137. The fourth-order valence-electron chi connectivity index (χ4n) is 2.72. The molecule has 3 rings (SSSR count). The fourth-order valence-corrected chi connectivity index (χ4v) is 2.92. The second-order valence-corrected chi connectivity index (χ2v) is 6.04. The van der Waals surface area contributed by atoms with Crippen molar-refractivity contribution in [3.8, 4) is 5.75 Å².